The number of nitrogens with zero attached hydrogens (tertiary/aromatic N) is 1. The molecular formula is C14H18N2O2. The van der Waals surface area contributed by atoms with E-state index in [-0.39, 0.29) is 6.09 Å². The van der Waals surface area contributed by atoms with E-state index in [1.54, 1.807) is 4.90 Å². The van der Waals surface area contributed by atoms with Gasteiger partial charge in [0.25, 0.3) is 0 Å². The quantitative estimate of drug-likeness (QED) is 0.826. The van der Waals surface area contributed by atoms with E-state index >= 15 is 0 Å². The van der Waals surface area contributed by atoms with E-state index in [0.29, 0.717) is 6.54 Å². The summed E-state index contributed by atoms with van der Waals surface area (Å²) >= 11 is 0. The Morgan fingerprint density at radius 3 is 2.78 bits per heavy atom. The first-order valence-corrected chi connectivity index (χ1v) is 6.57. The van der Waals surface area contributed by atoms with Crippen molar-refractivity contribution in [2.24, 2.45) is 0 Å². The first-order chi connectivity index (χ1) is 8.77. The van der Waals surface area contributed by atoms with Crippen molar-refractivity contribution in [1.29, 1.82) is 0 Å². The average Bonchev–Trinajstić information content (AvgIpc) is 2.40. The molecule has 0 radical (unpaired) electrons. The van der Waals surface area contributed by atoms with Gasteiger partial charge in [0.05, 0.1) is 5.69 Å². The summed E-state index contributed by atoms with van der Waals surface area (Å²) in [5.74, 6) is 0. The van der Waals surface area contributed by atoms with Gasteiger partial charge < -0.3 is 10.1 Å². The third kappa shape index (κ3) is 1.60. The molecule has 0 atom stereocenters. The minimum atomic E-state index is -0.412. The lowest BCUT2D eigenvalue weighted by atomic mass is 9.82. The number of hydrogen-bond acceptors (Lipinski definition) is 3. The molecule has 0 bridgehead atoms. The summed E-state index contributed by atoms with van der Waals surface area (Å²) in [4.78, 5) is 13.9. The van der Waals surface area contributed by atoms with Crippen LogP contribution in [-0.4, -0.2) is 25.7 Å². The molecule has 1 fully saturated rings. The van der Waals surface area contributed by atoms with Gasteiger partial charge >= 0.3 is 6.09 Å². The molecule has 18 heavy (non-hydrogen) atoms. The first kappa shape index (κ1) is 11.5. The fraction of sp³-hybridized carbons (Fsp3) is 0.500. The van der Waals surface area contributed by atoms with Crippen molar-refractivity contribution in [2.75, 3.05) is 24.5 Å². The van der Waals surface area contributed by atoms with Gasteiger partial charge in [0.15, 0.2) is 0 Å². The zero-order chi connectivity index (χ0) is 12.6. The van der Waals surface area contributed by atoms with Crippen molar-refractivity contribution in [2.45, 2.75) is 25.4 Å². The maximum atomic E-state index is 12.1. The first-order valence-electron chi connectivity index (χ1n) is 6.57. The molecule has 2 aliphatic heterocycles. The zero-order valence-electron chi connectivity index (χ0n) is 10.6. The number of hydrogen-bond donors (Lipinski definition) is 1. The van der Waals surface area contributed by atoms with E-state index in [1.807, 2.05) is 25.1 Å². The lowest BCUT2D eigenvalue weighted by Crippen LogP contribution is -2.50. The molecule has 1 N–H and O–H groups in total. The number of amides is 1. The molecule has 1 saturated heterocycles. The molecule has 0 aliphatic carbocycles. The van der Waals surface area contributed by atoms with Crippen LogP contribution in [0.2, 0.25) is 0 Å². The van der Waals surface area contributed by atoms with Crippen molar-refractivity contribution in [3.8, 4) is 0 Å². The van der Waals surface area contributed by atoms with Crippen molar-refractivity contribution in [1.82, 2.24) is 5.32 Å². The molecule has 2 heterocycles. The van der Waals surface area contributed by atoms with Gasteiger partial charge in [-0.25, -0.2) is 4.79 Å². The summed E-state index contributed by atoms with van der Waals surface area (Å²) in [7, 11) is 0. The number of nitrogens with one attached hydrogen (secondary N) is 1. The van der Waals surface area contributed by atoms with Gasteiger partial charge in [-0.3, -0.25) is 4.90 Å². The molecule has 0 unspecified atom stereocenters. The summed E-state index contributed by atoms with van der Waals surface area (Å²) in [5.41, 5.74) is 1.76. The average molecular weight is 246 g/mol. The van der Waals surface area contributed by atoms with Gasteiger partial charge in [-0.2, -0.15) is 0 Å². The minimum absolute atomic E-state index is 0.210. The number of para-hydroxylation sites is 1. The molecule has 0 aromatic heterocycles. The molecule has 4 nitrogen and oxygen atoms in total. The van der Waals surface area contributed by atoms with Crippen molar-refractivity contribution in [3.63, 3.8) is 0 Å². The SMILES string of the molecule is CCN1C(=O)OC2(CCNCC2)c2ccccc21. The summed E-state index contributed by atoms with van der Waals surface area (Å²) in [6, 6.07) is 8.11. The fourth-order valence-corrected chi connectivity index (χ4v) is 2.97. The van der Waals surface area contributed by atoms with Gasteiger partial charge in [0.1, 0.15) is 5.60 Å². The third-order valence-electron chi connectivity index (χ3n) is 3.92. The Kier molecular flexibility index (Phi) is 2.74. The molecule has 1 spiro atoms. The Labute approximate surface area is 107 Å². The highest BCUT2D eigenvalue weighted by atomic mass is 16.6. The van der Waals surface area contributed by atoms with Crippen molar-refractivity contribution >= 4 is 11.8 Å². The number of anilines is 1. The lowest BCUT2D eigenvalue weighted by Gasteiger charge is -2.44. The van der Waals surface area contributed by atoms with Gasteiger partial charge in [0.2, 0.25) is 0 Å². The number of fused-ring (bicyclic) bond motifs is 2. The second-order valence-corrected chi connectivity index (χ2v) is 4.87. The number of ether oxygens (including phenoxy) is 1. The minimum Gasteiger partial charge on any atom is -0.437 e. The Morgan fingerprint density at radius 2 is 2.06 bits per heavy atom. The second kappa shape index (κ2) is 4.28. The number of carbonyl (C=O) groups excluding carboxylic acids is 1. The topological polar surface area (TPSA) is 41.6 Å². The third-order valence-corrected chi connectivity index (χ3v) is 3.92. The van der Waals surface area contributed by atoms with Crippen LogP contribution in [0.3, 0.4) is 0 Å². The molecular weight excluding hydrogens is 228 g/mol. The lowest BCUT2D eigenvalue weighted by molar-refractivity contribution is -0.0176. The number of piperidine rings is 1. The Morgan fingerprint density at radius 1 is 1.33 bits per heavy atom. The van der Waals surface area contributed by atoms with Gasteiger partial charge in [-0.05, 0) is 26.1 Å². The van der Waals surface area contributed by atoms with Crippen LogP contribution in [0.15, 0.2) is 24.3 Å². The second-order valence-electron chi connectivity index (χ2n) is 4.87. The van der Waals surface area contributed by atoms with Crippen LogP contribution < -0.4 is 10.2 Å². The molecule has 0 saturated carbocycles. The summed E-state index contributed by atoms with van der Waals surface area (Å²) in [6.45, 7) is 4.41. The Balaban J connectivity index is 2.10. The van der Waals surface area contributed by atoms with E-state index in [0.717, 1.165) is 37.2 Å². The monoisotopic (exact) mass is 246 g/mol. The van der Waals surface area contributed by atoms with E-state index < -0.39 is 5.60 Å². The van der Waals surface area contributed by atoms with Crippen LogP contribution in [0.1, 0.15) is 25.3 Å². The highest BCUT2D eigenvalue weighted by molar-refractivity contribution is 5.91. The van der Waals surface area contributed by atoms with Crippen LogP contribution in [0.5, 0.6) is 0 Å². The predicted octanol–water partition coefficient (Wildman–Crippen LogP) is 2.24. The van der Waals surface area contributed by atoms with Crippen LogP contribution in [0.4, 0.5) is 10.5 Å². The van der Waals surface area contributed by atoms with Crippen LogP contribution in [0.25, 0.3) is 0 Å². The van der Waals surface area contributed by atoms with Crippen molar-refractivity contribution in [3.05, 3.63) is 29.8 Å². The maximum Gasteiger partial charge on any atom is 0.415 e. The number of rotatable bonds is 1. The molecule has 4 heteroatoms. The molecule has 3 rings (SSSR count). The summed E-state index contributed by atoms with van der Waals surface area (Å²) in [6.07, 6.45) is 1.50. The van der Waals surface area contributed by atoms with Gasteiger partial charge in [-0.1, -0.05) is 18.2 Å². The molecule has 1 amide bonds. The van der Waals surface area contributed by atoms with Crippen LogP contribution >= 0.6 is 0 Å². The summed E-state index contributed by atoms with van der Waals surface area (Å²) in [5, 5.41) is 3.32. The highest BCUT2D eigenvalue weighted by Crippen LogP contribution is 2.44. The van der Waals surface area contributed by atoms with E-state index in [2.05, 4.69) is 11.4 Å². The molecule has 1 aromatic rings. The zero-order valence-corrected chi connectivity index (χ0v) is 10.6. The Hall–Kier alpha value is -1.55. The number of benzene rings is 1. The van der Waals surface area contributed by atoms with Gasteiger partial charge in [0, 0.05) is 24.9 Å². The standard InChI is InChI=1S/C14H18N2O2/c1-2-16-12-6-4-3-5-11(12)14(18-13(16)17)7-9-15-10-8-14/h3-6,15H,2,7-10H2,1H3. The largest absolute Gasteiger partial charge is 0.437 e. The van der Waals surface area contributed by atoms with Gasteiger partial charge in [-0.15, -0.1) is 0 Å². The maximum absolute atomic E-state index is 12.1. The molecule has 2 aliphatic rings. The van der Waals surface area contributed by atoms with Crippen LogP contribution in [0, 0.1) is 0 Å². The van der Waals surface area contributed by atoms with Crippen LogP contribution in [-0.2, 0) is 10.3 Å². The smallest absolute Gasteiger partial charge is 0.415 e. The number of carbonyl (C=O) groups is 1. The van der Waals surface area contributed by atoms with Crippen molar-refractivity contribution < 1.29 is 9.53 Å². The predicted molar refractivity (Wildman–Crippen MR) is 69.7 cm³/mol. The summed E-state index contributed by atoms with van der Waals surface area (Å²) < 4.78 is 5.79. The normalized spacial score (nSPS) is 21.6. The highest BCUT2D eigenvalue weighted by Gasteiger charge is 2.45. The fourth-order valence-electron chi connectivity index (χ4n) is 2.97. The molecule has 1 aromatic carbocycles. The van der Waals surface area contributed by atoms with E-state index in [9.17, 15) is 4.79 Å². The van der Waals surface area contributed by atoms with E-state index in [4.69, 9.17) is 4.74 Å². The Bertz CT molecular complexity index is 467. The molecule has 96 valence electrons. The van der Waals surface area contributed by atoms with E-state index in [1.165, 1.54) is 0 Å².